The number of carbonyl (C=O) groups excluding carboxylic acids is 2. The second-order valence-corrected chi connectivity index (χ2v) is 5.83. The number of ketones is 1. The molecule has 110 valence electrons. The predicted octanol–water partition coefficient (Wildman–Crippen LogP) is 3.16. The van der Waals surface area contributed by atoms with Crippen molar-refractivity contribution in [2.75, 3.05) is 0 Å². The Bertz CT molecular complexity index is 766. The zero-order valence-electron chi connectivity index (χ0n) is 11.4. The van der Waals surface area contributed by atoms with Crippen molar-refractivity contribution in [2.45, 2.75) is 6.04 Å². The van der Waals surface area contributed by atoms with Crippen LogP contribution in [-0.2, 0) is 9.59 Å². The molecule has 1 aliphatic rings. The van der Waals surface area contributed by atoms with Gasteiger partial charge in [-0.1, -0.05) is 58.4 Å². The number of nitrogens with one attached hydrogen (secondary N) is 1. The highest BCUT2D eigenvalue weighted by Gasteiger charge is 2.39. The summed E-state index contributed by atoms with van der Waals surface area (Å²) in [5.74, 6) is -1.57. The van der Waals surface area contributed by atoms with Crippen LogP contribution in [0.15, 0.2) is 64.6 Å². The number of aliphatic hydroxyl groups excluding tert-OH is 1. The molecule has 1 saturated heterocycles. The molecule has 0 aliphatic carbocycles. The molecule has 2 N–H and O–H groups in total. The zero-order chi connectivity index (χ0) is 15.7. The number of rotatable bonds is 2. The Morgan fingerprint density at radius 2 is 1.64 bits per heavy atom. The number of aliphatic hydroxyl groups is 1. The van der Waals surface area contributed by atoms with E-state index in [2.05, 4.69) is 21.2 Å². The Balaban J connectivity index is 2.11. The number of amides is 1. The van der Waals surface area contributed by atoms with Gasteiger partial charge < -0.3 is 10.4 Å². The number of halogens is 1. The SMILES string of the molecule is O=C1NC(c2ccc(Br)cc2)C(=C(O)c2ccccc2)C1=O. The van der Waals surface area contributed by atoms with Crippen LogP contribution in [0.2, 0.25) is 0 Å². The molecule has 22 heavy (non-hydrogen) atoms. The smallest absolute Gasteiger partial charge is 0.293 e. The molecule has 0 aromatic heterocycles. The van der Waals surface area contributed by atoms with Crippen LogP contribution in [0, 0.1) is 0 Å². The lowest BCUT2D eigenvalue weighted by molar-refractivity contribution is -0.133. The molecule has 4 nitrogen and oxygen atoms in total. The number of carbonyl (C=O) groups is 2. The molecular weight excluding hydrogens is 346 g/mol. The first-order valence-corrected chi connectivity index (χ1v) is 7.46. The Morgan fingerprint density at radius 1 is 1.00 bits per heavy atom. The summed E-state index contributed by atoms with van der Waals surface area (Å²) in [4.78, 5) is 23.9. The molecule has 1 heterocycles. The van der Waals surface area contributed by atoms with Crippen LogP contribution in [0.3, 0.4) is 0 Å². The Hall–Kier alpha value is -2.40. The quantitative estimate of drug-likeness (QED) is 0.492. The highest BCUT2D eigenvalue weighted by atomic mass is 79.9. The van der Waals surface area contributed by atoms with Crippen LogP contribution in [-0.4, -0.2) is 16.8 Å². The highest BCUT2D eigenvalue weighted by Crippen LogP contribution is 2.33. The van der Waals surface area contributed by atoms with Crippen molar-refractivity contribution in [3.8, 4) is 0 Å². The van der Waals surface area contributed by atoms with Gasteiger partial charge >= 0.3 is 0 Å². The average Bonchev–Trinajstić information content (AvgIpc) is 2.84. The van der Waals surface area contributed by atoms with Gasteiger partial charge in [0.2, 0.25) is 0 Å². The van der Waals surface area contributed by atoms with E-state index in [1.54, 1.807) is 36.4 Å². The zero-order valence-corrected chi connectivity index (χ0v) is 13.0. The van der Waals surface area contributed by atoms with Gasteiger partial charge in [0.25, 0.3) is 11.7 Å². The molecule has 0 bridgehead atoms. The van der Waals surface area contributed by atoms with Crippen LogP contribution in [0.5, 0.6) is 0 Å². The molecule has 1 amide bonds. The fourth-order valence-electron chi connectivity index (χ4n) is 2.42. The van der Waals surface area contributed by atoms with E-state index in [1.807, 2.05) is 18.2 Å². The van der Waals surface area contributed by atoms with Gasteiger partial charge in [-0.2, -0.15) is 0 Å². The lowest BCUT2D eigenvalue weighted by Crippen LogP contribution is -2.21. The summed E-state index contributed by atoms with van der Waals surface area (Å²) >= 11 is 3.34. The number of hydrogen-bond donors (Lipinski definition) is 2. The van der Waals surface area contributed by atoms with Crippen molar-refractivity contribution < 1.29 is 14.7 Å². The summed E-state index contributed by atoms with van der Waals surface area (Å²) in [6, 6.07) is 15.3. The fraction of sp³-hybridized carbons (Fsp3) is 0.0588. The number of Topliss-reactive ketones (excluding diaryl/α,β-unsaturated/α-hetero) is 1. The molecule has 1 atom stereocenters. The molecule has 0 spiro atoms. The standard InChI is InChI=1S/C17H12BrNO3/c18-12-8-6-10(7-9-12)14-13(16(21)17(22)19-14)15(20)11-4-2-1-3-5-11/h1-9,14,20H,(H,19,22). The van der Waals surface area contributed by atoms with Gasteiger partial charge in [0.1, 0.15) is 5.76 Å². The summed E-state index contributed by atoms with van der Waals surface area (Å²) in [5, 5.41) is 13.1. The minimum Gasteiger partial charge on any atom is -0.507 e. The Morgan fingerprint density at radius 3 is 2.27 bits per heavy atom. The van der Waals surface area contributed by atoms with Gasteiger partial charge in [-0.15, -0.1) is 0 Å². The topological polar surface area (TPSA) is 66.4 Å². The van der Waals surface area contributed by atoms with Crippen molar-refractivity contribution >= 4 is 33.4 Å². The van der Waals surface area contributed by atoms with E-state index in [0.29, 0.717) is 5.56 Å². The molecule has 3 rings (SSSR count). The van der Waals surface area contributed by atoms with Crippen LogP contribution in [0.4, 0.5) is 0 Å². The lowest BCUT2D eigenvalue weighted by atomic mass is 9.96. The fourth-order valence-corrected chi connectivity index (χ4v) is 2.69. The normalized spacial score (nSPS) is 20.0. The van der Waals surface area contributed by atoms with Crippen molar-refractivity contribution in [2.24, 2.45) is 0 Å². The Kier molecular flexibility index (Phi) is 3.81. The van der Waals surface area contributed by atoms with E-state index < -0.39 is 17.7 Å². The van der Waals surface area contributed by atoms with Crippen molar-refractivity contribution in [1.82, 2.24) is 5.32 Å². The van der Waals surface area contributed by atoms with Crippen LogP contribution in [0.25, 0.3) is 5.76 Å². The van der Waals surface area contributed by atoms with Crippen molar-refractivity contribution in [3.05, 3.63) is 75.8 Å². The maximum atomic E-state index is 12.1. The maximum Gasteiger partial charge on any atom is 0.293 e. The molecule has 1 fully saturated rings. The second kappa shape index (κ2) is 5.77. The van der Waals surface area contributed by atoms with Gasteiger partial charge in [-0.05, 0) is 17.7 Å². The van der Waals surface area contributed by atoms with Crippen LogP contribution < -0.4 is 5.32 Å². The number of benzene rings is 2. The monoisotopic (exact) mass is 357 g/mol. The highest BCUT2D eigenvalue weighted by molar-refractivity contribution is 9.10. The Labute approximate surface area is 135 Å². The first kappa shape index (κ1) is 14.5. The van der Waals surface area contributed by atoms with Crippen molar-refractivity contribution in [1.29, 1.82) is 0 Å². The first-order chi connectivity index (χ1) is 10.6. The number of hydrogen-bond acceptors (Lipinski definition) is 3. The molecule has 1 unspecified atom stereocenters. The van der Waals surface area contributed by atoms with Gasteiger partial charge in [0.15, 0.2) is 0 Å². The van der Waals surface area contributed by atoms with E-state index in [1.165, 1.54) is 0 Å². The van der Waals surface area contributed by atoms with E-state index in [9.17, 15) is 14.7 Å². The van der Waals surface area contributed by atoms with E-state index >= 15 is 0 Å². The second-order valence-electron chi connectivity index (χ2n) is 4.92. The average molecular weight is 358 g/mol. The first-order valence-electron chi connectivity index (χ1n) is 6.67. The molecule has 5 heteroatoms. The molecule has 0 radical (unpaired) electrons. The van der Waals surface area contributed by atoms with Crippen molar-refractivity contribution in [3.63, 3.8) is 0 Å². The third-order valence-electron chi connectivity index (χ3n) is 3.52. The third kappa shape index (κ3) is 2.55. The molecule has 2 aromatic rings. The third-order valence-corrected chi connectivity index (χ3v) is 4.05. The van der Waals surface area contributed by atoms with Gasteiger partial charge in [0.05, 0.1) is 11.6 Å². The predicted molar refractivity (Wildman–Crippen MR) is 86.0 cm³/mol. The molecular formula is C17H12BrNO3. The molecule has 2 aromatic carbocycles. The van der Waals surface area contributed by atoms with Gasteiger partial charge in [0, 0.05) is 10.0 Å². The summed E-state index contributed by atoms with van der Waals surface area (Å²) in [5.41, 5.74) is 1.32. The molecule has 1 aliphatic heterocycles. The van der Waals surface area contributed by atoms with E-state index in [4.69, 9.17) is 0 Å². The van der Waals surface area contributed by atoms with Crippen LogP contribution in [0.1, 0.15) is 17.2 Å². The minimum atomic E-state index is -0.703. The van der Waals surface area contributed by atoms with Crippen LogP contribution >= 0.6 is 15.9 Å². The summed E-state index contributed by atoms with van der Waals surface area (Å²) < 4.78 is 0.893. The summed E-state index contributed by atoms with van der Waals surface area (Å²) in [6.45, 7) is 0. The van der Waals surface area contributed by atoms with Gasteiger partial charge in [-0.3, -0.25) is 9.59 Å². The molecule has 0 saturated carbocycles. The van der Waals surface area contributed by atoms with E-state index in [-0.39, 0.29) is 11.3 Å². The van der Waals surface area contributed by atoms with E-state index in [0.717, 1.165) is 10.0 Å². The maximum absolute atomic E-state index is 12.1. The van der Waals surface area contributed by atoms with Gasteiger partial charge in [-0.25, -0.2) is 0 Å². The largest absolute Gasteiger partial charge is 0.507 e. The lowest BCUT2D eigenvalue weighted by Gasteiger charge is -2.13. The summed E-state index contributed by atoms with van der Waals surface area (Å²) in [7, 11) is 0. The minimum absolute atomic E-state index is 0.0820. The summed E-state index contributed by atoms with van der Waals surface area (Å²) in [6.07, 6.45) is 0.